The van der Waals surface area contributed by atoms with E-state index in [1.165, 1.54) is 19.3 Å². The van der Waals surface area contributed by atoms with Crippen LogP contribution in [0.25, 0.3) is 10.9 Å². The van der Waals surface area contributed by atoms with Crippen molar-refractivity contribution in [1.29, 1.82) is 0 Å². The van der Waals surface area contributed by atoms with Crippen molar-refractivity contribution in [3.8, 4) is 0 Å². The van der Waals surface area contributed by atoms with E-state index < -0.39 is 0 Å². The number of H-pyrrole nitrogens is 1. The van der Waals surface area contributed by atoms with Crippen LogP contribution in [0.5, 0.6) is 0 Å². The van der Waals surface area contributed by atoms with Crippen LogP contribution in [0.15, 0.2) is 24.7 Å². The van der Waals surface area contributed by atoms with Crippen LogP contribution >= 0.6 is 0 Å². The first-order valence-corrected chi connectivity index (χ1v) is 6.81. The lowest BCUT2D eigenvalue weighted by Crippen LogP contribution is -2.38. The van der Waals surface area contributed by atoms with E-state index in [2.05, 4.69) is 20.6 Å². The summed E-state index contributed by atoms with van der Waals surface area (Å²) in [6.45, 7) is 0. The number of hydrogen-bond acceptors (Lipinski definition) is 2. The fourth-order valence-electron chi connectivity index (χ4n) is 2.67. The molecule has 3 N–H and O–H groups in total. The molecule has 0 saturated heterocycles. The molecule has 0 spiro atoms. The molecule has 19 heavy (non-hydrogen) atoms. The van der Waals surface area contributed by atoms with E-state index in [-0.39, 0.29) is 6.03 Å². The third kappa shape index (κ3) is 2.70. The molecule has 2 heterocycles. The first-order valence-electron chi connectivity index (χ1n) is 6.81. The topological polar surface area (TPSA) is 69.8 Å². The van der Waals surface area contributed by atoms with Gasteiger partial charge in [0.1, 0.15) is 0 Å². The van der Waals surface area contributed by atoms with Gasteiger partial charge in [0.25, 0.3) is 0 Å². The molecule has 0 atom stereocenters. The van der Waals surface area contributed by atoms with E-state index in [9.17, 15) is 4.79 Å². The van der Waals surface area contributed by atoms with Gasteiger partial charge in [-0.05, 0) is 18.9 Å². The molecule has 1 aliphatic carbocycles. The van der Waals surface area contributed by atoms with Crippen molar-refractivity contribution in [3.05, 3.63) is 24.7 Å². The monoisotopic (exact) mass is 258 g/mol. The molecule has 1 fully saturated rings. The van der Waals surface area contributed by atoms with Crippen molar-refractivity contribution in [3.63, 3.8) is 0 Å². The number of pyridine rings is 1. The van der Waals surface area contributed by atoms with Gasteiger partial charge in [-0.25, -0.2) is 4.79 Å². The fraction of sp³-hybridized carbons (Fsp3) is 0.429. The molecule has 0 aliphatic heterocycles. The maximum atomic E-state index is 12.0. The minimum atomic E-state index is -0.121. The van der Waals surface area contributed by atoms with E-state index in [1.54, 1.807) is 18.6 Å². The molecule has 2 aromatic heterocycles. The van der Waals surface area contributed by atoms with Gasteiger partial charge in [0, 0.05) is 23.8 Å². The summed E-state index contributed by atoms with van der Waals surface area (Å²) in [5.41, 5.74) is 1.72. The molecule has 1 aliphatic rings. The van der Waals surface area contributed by atoms with Crippen molar-refractivity contribution in [2.75, 3.05) is 5.32 Å². The van der Waals surface area contributed by atoms with Crippen molar-refractivity contribution in [1.82, 2.24) is 15.3 Å². The summed E-state index contributed by atoms with van der Waals surface area (Å²) >= 11 is 0. The highest BCUT2D eigenvalue weighted by Gasteiger charge is 2.16. The lowest BCUT2D eigenvalue weighted by molar-refractivity contribution is 0.244. The van der Waals surface area contributed by atoms with Gasteiger partial charge in [-0.2, -0.15) is 0 Å². The third-order valence-electron chi connectivity index (χ3n) is 3.67. The van der Waals surface area contributed by atoms with Crippen LogP contribution in [0.4, 0.5) is 10.5 Å². The van der Waals surface area contributed by atoms with Gasteiger partial charge in [0.15, 0.2) is 0 Å². The van der Waals surface area contributed by atoms with E-state index >= 15 is 0 Å². The molecular weight excluding hydrogens is 240 g/mol. The largest absolute Gasteiger partial charge is 0.358 e. The van der Waals surface area contributed by atoms with Crippen molar-refractivity contribution in [2.45, 2.75) is 38.1 Å². The number of amides is 2. The number of carbonyl (C=O) groups excluding carboxylic acids is 1. The number of anilines is 1. The molecule has 0 bridgehead atoms. The Morgan fingerprint density at radius 1 is 1.32 bits per heavy atom. The van der Waals surface area contributed by atoms with Crippen molar-refractivity contribution >= 4 is 22.6 Å². The summed E-state index contributed by atoms with van der Waals surface area (Å²) in [5, 5.41) is 6.93. The average molecular weight is 258 g/mol. The maximum absolute atomic E-state index is 12.0. The molecule has 2 amide bonds. The Morgan fingerprint density at radius 2 is 2.16 bits per heavy atom. The number of nitrogens with zero attached hydrogens (tertiary/aromatic N) is 1. The number of carbonyl (C=O) groups is 1. The summed E-state index contributed by atoms with van der Waals surface area (Å²) in [4.78, 5) is 19.1. The Balaban J connectivity index is 1.65. The second kappa shape index (κ2) is 5.30. The summed E-state index contributed by atoms with van der Waals surface area (Å²) in [7, 11) is 0. The molecule has 1 saturated carbocycles. The number of aromatic nitrogens is 2. The highest BCUT2D eigenvalue weighted by molar-refractivity contribution is 6.00. The third-order valence-corrected chi connectivity index (χ3v) is 3.67. The summed E-state index contributed by atoms with van der Waals surface area (Å²) in [6.07, 6.45) is 11.2. The fourth-order valence-corrected chi connectivity index (χ4v) is 2.67. The minimum absolute atomic E-state index is 0.121. The highest BCUT2D eigenvalue weighted by atomic mass is 16.2. The van der Waals surface area contributed by atoms with E-state index in [0.717, 1.165) is 29.4 Å². The number of hydrogen-bond donors (Lipinski definition) is 3. The lowest BCUT2D eigenvalue weighted by Gasteiger charge is -2.22. The van der Waals surface area contributed by atoms with Gasteiger partial charge < -0.3 is 15.6 Å². The Kier molecular flexibility index (Phi) is 3.35. The maximum Gasteiger partial charge on any atom is 0.319 e. The summed E-state index contributed by atoms with van der Waals surface area (Å²) in [5.74, 6) is 0. The molecule has 100 valence electrons. The van der Waals surface area contributed by atoms with Crippen LogP contribution in [0.1, 0.15) is 32.1 Å². The second-order valence-corrected chi connectivity index (χ2v) is 5.06. The Hall–Kier alpha value is -2.04. The zero-order valence-corrected chi connectivity index (χ0v) is 10.8. The van der Waals surface area contributed by atoms with Crippen LogP contribution < -0.4 is 10.6 Å². The van der Waals surface area contributed by atoms with Crippen LogP contribution in [0.3, 0.4) is 0 Å². The van der Waals surface area contributed by atoms with Crippen LogP contribution in [-0.2, 0) is 0 Å². The zero-order chi connectivity index (χ0) is 13.1. The molecule has 2 aromatic rings. The summed E-state index contributed by atoms with van der Waals surface area (Å²) in [6, 6.07) is 2.09. The van der Waals surface area contributed by atoms with E-state index in [0.29, 0.717) is 6.04 Å². The number of urea groups is 1. The number of rotatable bonds is 2. The highest BCUT2D eigenvalue weighted by Crippen LogP contribution is 2.22. The first kappa shape index (κ1) is 12.0. The minimum Gasteiger partial charge on any atom is -0.358 e. The van der Waals surface area contributed by atoms with Gasteiger partial charge in [-0.1, -0.05) is 19.3 Å². The van der Waals surface area contributed by atoms with Gasteiger partial charge in [-0.15, -0.1) is 0 Å². The quantitative estimate of drug-likeness (QED) is 0.775. The Labute approximate surface area is 111 Å². The van der Waals surface area contributed by atoms with Gasteiger partial charge >= 0.3 is 6.03 Å². The second-order valence-electron chi connectivity index (χ2n) is 5.06. The predicted octanol–water partition coefficient (Wildman–Crippen LogP) is 3.02. The Bertz CT molecular complexity index is 572. The van der Waals surface area contributed by atoms with Crippen molar-refractivity contribution < 1.29 is 4.79 Å². The van der Waals surface area contributed by atoms with Crippen molar-refractivity contribution in [2.24, 2.45) is 0 Å². The lowest BCUT2D eigenvalue weighted by atomic mass is 9.96. The zero-order valence-electron chi connectivity index (χ0n) is 10.8. The van der Waals surface area contributed by atoms with Crippen LogP contribution in [0.2, 0.25) is 0 Å². The molecule has 0 aromatic carbocycles. The molecule has 5 heteroatoms. The smallest absolute Gasteiger partial charge is 0.319 e. The predicted molar refractivity (Wildman–Crippen MR) is 75.1 cm³/mol. The molecule has 3 rings (SSSR count). The Morgan fingerprint density at radius 3 is 3.00 bits per heavy atom. The molecule has 0 unspecified atom stereocenters. The number of nitrogens with one attached hydrogen (secondary N) is 3. The first-order chi connectivity index (χ1) is 9.33. The van der Waals surface area contributed by atoms with Gasteiger partial charge in [0.2, 0.25) is 0 Å². The number of aromatic amines is 1. The normalized spacial score (nSPS) is 16.4. The standard InChI is InChI=1S/C14H18N4O/c19-14(17-10-4-2-1-3-5-10)18-13-9-16-12-8-15-7-6-11(12)13/h6-10,16H,1-5H2,(H2,17,18,19). The van der Waals surface area contributed by atoms with E-state index in [1.807, 2.05) is 6.07 Å². The van der Waals surface area contributed by atoms with Crippen LogP contribution in [0, 0.1) is 0 Å². The van der Waals surface area contributed by atoms with E-state index in [4.69, 9.17) is 0 Å². The van der Waals surface area contributed by atoms with Crippen LogP contribution in [-0.4, -0.2) is 22.0 Å². The number of fused-ring (bicyclic) bond motifs is 1. The average Bonchev–Trinajstić information content (AvgIpc) is 2.83. The van der Waals surface area contributed by atoms with Gasteiger partial charge in [0.05, 0.1) is 17.4 Å². The summed E-state index contributed by atoms with van der Waals surface area (Å²) < 4.78 is 0. The molecule has 5 nitrogen and oxygen atoms in total. The molecule has 0 radical (unpaired) electrons. The van der Waals surface area contributed by atoms with Gasteiger partial charge in [-0.3, -0.25) is 4.98 Å². The SMILES string of the molecule is O=C(Nc1c[nH]c2cnccc12)NC1CCCCC1. The molecular formula is C14H18N4O.